The molecule has 0 amide bonds. The molecule has 1 aromatic carbocycles. The largest absolute Gasteiger partial charge is 0.381 e. The van der Waals surface area contributed by atoms with Crippen LogP contribution >= 0.6 is 0 Å². The van der Waals surface area contributed by atoms with Gasteiger partial charge in [-0.1, -0.05) is 18.2 Å². The predicted octanol–water partition coefficient (Wildman–Crippen LogP) is 3.03. The average Bonchev–Trinajstić information content (AvgIpc) is 2.23. The van der Waals surface area contributed by atoms with Crippen LogP contribution in [0.4, 0.5) is 4.39 Å². The van der Waals surface area contributed by atoms with Gasteiger partial charge in [-0.25, -0.2) is 4.39 Å². The maximum absolute atomic E-state index is 13.7. The van der Waals surface area contributed by atoms with E-state index in [2.05, 4.69) is 0 Å². The third-order valence-electron chi connectivity index (χ3n) is 2.88. The fraction of sp³-hybridized carbons (Fsp3) is 0.500. The van der Waals surface area contributed by atoms with E-state index in [1.54, 1.807) is 0 Å². The molecule has 0 aromatic heterocycles. The zero-order valence-electron chi connectivity index (χ0n) is 8.42. The Hall–Kier alpha value is -0.890. The van der Waals surface area contributed by atoms with Crippen LogP contribution in [0.5, 0.6) is 0 Å². The van der Waals surface area contributed by atoms with Gasteiger partial charge in [0, 0.05) is 13.2 Å². The molecular formula is C12H15FO. The molecule has 0 unspecified atom stereocenters. The molecule has 1 heterocycles. The van der Waals surface area contributed by atoms with Crippen molar-refractivity contribution in [1.82, 2.24) is 0 Å². The van der Waals surface area contributed by atoms with Crippen molar-refractivity contribution in [2.75, 3.05) is 13.2 Å². The molecule has 0 aliphatic carbocycles. The van der Waals surface area contributed by atoms with Crippen LogP contribution in [-0.2, 0) is 4.74 Å². The Bertz CT molecular complexity index is 316. The Morgan fingerprint density at radius 3 is 2.71 bits per heavy atom. The van der Waals surface area contributed by atoms with Crippen molar-refractivity contribution >= 4 is 0 Å². The standard InChI is InChI=1S/C12H15FO/c1-9-3-2-4-11(12(9)13)10-5-7-14-8-6-10/h2-4,10H,5-8H2,1H3. The Kier molecular flexibility index (Phi) is 2.82. The van der Waals surface area contributed by atoms with Crippen LogP contribution in [0.2, 0.25) is 0 Å². The summed E-state index contributed by atoms with van der Waals surface area (Å²) in [7, 11) is 0. The van der Waals surface area contributed by atoms with Crippen LogP contribution in [0.15, 0.2) is 18.2 Å². The molecule has 0 N–H and O–H groups in total. The molecule has 2 heteroatoms. The van der Waals surface area contributed by atoms with E-state index in [0.29, 0.717) is 5.92 Å². The van der Waals surface area contributed by atoms with Crippen molar-refractivity contribution in [3.05, 3.63) is 35.1 Å². The van der Waals surface area contributed by atoms with Gasteiger partial charge in [0.05, 0.1) is 0 Å². The Labute approximate surface area is 83.9 Å². The van der Waals surface area contributed by atoms with Gasteiger partial charge in [0.2, 0.25) is 0 Å². The normalized spacial score (nSPS) is 18.4. The second kappa shape index (κ2) is 4.09. The second-order valence-corrected chi connectivity index (χ2v) is 3.86. The first-order chi connectivity index (χ1) is 6.79. The monoisotopic (exact) mass is 194 g/mol. The van der Waals surface area contributed by atoms with E-state index >= 15 is 0 Å². The molecular weight excluding hydrogens is 179 g/mol. The molecule has 1 aliphatic rings. The summed E-state index contributed by atoms with van der Waals surface area (Å²) in [6.07, 6.45) is 1.89. The first kappa shape index (κ1) is 9.66. The highest BCUT2D eigenvalue weighted by Crippen LogP contribution is 2.29. The molecule has 76 valence electrons. The van der Waals surface area contributed by atoms with Gasteiger partial charge in [-0.3, -0.25) is 0 Å². The quantitative estimate of drug-likeness (QED) is 0.667. The molecule has 1 aliphatic heterocycles. The van der Waals surface area contributed by atoms with E-state index < -0.39 is 0 Å². The van der Waals surface area contributed by atoms with Crippen LogP contribution in [0.1, 0.15) is 29.9 Å². The van der Waals surface area contributed by atoms with Crippen molar-refractivity contribution in [3.63, 3.8) is 0 Å². The fourth-order valence-electron chi connectivity index (χ4n) is 1.99. The molecule has 14 heavy (non-hydrogen) atoms. The summed E-state index contributed by atoms with van der Waals surface area (Å²) < 4.78 is 19.0. The van der Waals surface area contributed by atoms with Gasteiger partial charge in [0.15, 0.2) is 0 Å². The molecule has 2 rings (SSSR count). The van der Waals surface area contributed by atoms with Crippen LogP contribution in [-0.4, -0.2) is 13.2 Å². The Morgan fingerprint density at radius 2 is 2.00 bits per heavy atom. The summed E-state index contributed by atoms with van der Waals surface area (Å²) in [5.41, 5.74) is 1.61. The lowest BCUT2D eigenvalue weighted by atomic mass is 9.90. The molecule has 0 radical (unpaired) electrons. The van der Waals surface area contributed by atoms with Crippen LogP contribution in [0.25, 0.3) is 0 Å². The summed E-state index contributed by atoms with van der Waals surface area (Å²) in [6, 6.07) is 5.65. The maximum Gasteiger partial charge on any atom is 0.129 e. The van der Waals surface area contributed by atoms with Gasteiger partial charge >= 0.3 is 0 Å². The van der Waals surface area contributed by atoms with E-state index in [-0.39, 0.29) is 5.82 Å². The van der Waals surface area contributed by atoms with Crippen molar-refractivity contribution in [2.45, 2.75) is 25.7 Å². The van der Waals surface area contributed by atoms with E-state index in [1.165, 1.54) is 0 Å². The zero-order chi connectivity index (χ0) is 9.97. The van der Waals surface area contributed by atoms with E-state index in [0.717, 1.165) is 37.2 Å². The second-order valence-electron chi connectivity index (χ2n) is 3.86. The number of ether oxygens (including phenoxy) is 1. The van der Waals surface area contributed by atoms with Crippen LogP contribution < -0.4 is 0 Å². The first-order valence-corrected chi connectivity index (χ1v) is 5.12. The molecule has 0 atom stereocenters. The summed E-state index contributed by atoms with van der Waals surface area (Å²) in [6.45, 7) is 3.34. The average molecular weight is 194 g/mol. The summed E-state index contributed by atoms with van der Waals surface area (Å²) in [5, 5.41) is 0. The number of benzene rings is 1. The van der Waals surface area contributed by atoms with E-state index in [9.17, 15) is 4.39 Å². The smallest absolute Gasteiger partial charge is 0.129 e. The lowest BCUT2D eigenvalue weighted by Gasteiger charge is -2.23. The summed E-state index contributed by atoms with van der Waals surface area (Å²) in [5.74, 6) is 0.322. The third kappa shape index (κ3) is 1.80. The summed E-state index contributed by atoms with van der Waals surface area (Å²) in [4.78, 5) is 0. The van der Waals surface area contributed by atoms with Crippen LogP contribution in [0.3, 0.4) is 0 Å². The molecule has 1 fully saturated rings. The minimum atomic E-state index is -0.0283. The Balaban J connectivity index is 2.26. The lowest BCUT2D eigenvalue weighted by Crippen LogP contribution is -2.15. The number of hydrogen-bond donors (Lipinski definition) is 0. The minimum absolute atomic E-state index is 0.0283. The van der Waals surface area contributed by atoms with E-state index in [4.69, 9.17) is 4.74 Å². The molecule has 0 bridgehead atoms. The zero-order valence-corrected chi connectivity index (χ0v) is 8.42. The minimum Gasteiger partial charge on any atom is -0.381 e. The first-order valence-electron chi connectivity index (χ1n) is 5.12. The van der Waals surface area contributed by atoms with Gasteiger partial charge in [0.25, 0.3) is 0 Å². The maximum atomic E-state index is 13.7. The molecule has 0 saturated carbocycles. The molecule has 1 saturated heterocycles. The van der Waals surface area contributed by atoms with Gasteiger partial charge in [0.1, 0.15) is 5.82 Å². The number of aryl methyl sites for hydroxylation is 1. The van der Waals surface area contributed by atoms with Crippen molar-refractivity contribution in [1.29, 1.82) is 0 Å². The Morgan fingerprint density at radius 1 is 1.29 bits per heavy atom. The van der Waals surface area contributed by atoms with Crippen molar-refractivity contribution in [2.24, 2.45) is 0 Å². The number of halogens is 1. The third-order valence-corrected chi connectivity index (χ3v) is 2.88. The predicted molar refractivity (Wildman–Crippen MR) is 53.9 cm³/mol. The highest BCUT2D eigenvalue weighted by atomic mass is 19.1. The highest BCUT2D eigenvalue weighted by molar-refractivity contribution is 5.28. The highest BCUT2D eigenvalue weighted by Gasteiger charge is 2.19. The molecule has 1 aromatic rings. The van der Waals surface area contributed by atoms with Gasteiger partial charge in [-0.2, -0.15) is 0 Å². The molecule has 1 nitrogen and oxygen atoms in total. The van der Waals surface area contributed by atoms with Crippen molar-refractivity contribution in [3.8, 4) is 0 Å². The fourth-order valence-corrected chi connectivity index (χ4v) is 1.99. The topological polar surface area (TPSA) is 9.23 Å². The number of hydrogen-bond acceptors (Lipinski definition) is 1. The van der Waals surface area contributed by atoms with Crippen molar-refractivity contribution < 1.29 is 9.13 Å². The number of rotatable bonds is 1. The van der Waals surface area contributed by atoms with E-state index in [1.807, 2.05) is 25.1 Å². The van der Waals surface area contributed by atoms with Gasteiger partial charge in [-0.05, 0) is 36.8 Å². The molecule has 0 spiro atoms. The van der Waals surface area contributed by atoms with Crippen LogP contribution in [0, 0.1) is 12.7 Å². The van der Waals surface area contributed by atoms with Gasteiger partial charge in [-0.15, -0.1) is 0 Å². The SMILES string of the molecule is Cc1cccc(C2CCOCC2)c1F. The lowest BCUT2D eigenvalue weighted by molar-refractivity contribution is 0.0846. The summed E-state index contributed by atoms with van der Waals surface area (Å²) >= 11 is 0. The van der Waals surface area contributed by atoms with Gasteiger partial charge < -0.3 is 4.74 Å².